The lowest BCUT2D eigenvalue weighted by Gasteiger charge is -2.36. The smallest absolute Gasteiger partial charge is 0.0700 e. The highest BCUT2D eigenvalue weighted by molar-refractivity contribution is 5.40. The van der Waals surface area contributed by atoms with E-state index >= 15 is 0 Å². The number of nitrogens with zero attached hydrogens (tertiary/aromatic N) is 4. The zero-order valence-corrected chi connectivity index (χ0v) is 12.4. The van der Waals surface area contributed by atoms with Crippen LogP contribution in [0.1, 0.15) is 25.3 Å². The van der Waals surface area contributed by atoms with Gasteiger partial charge in [0, 0.05) is 25.5 Å². The first-order chi connectivity index (χ1) is 10.2. The maximum absolute atomic E-state index is 9.35. The summed E-state index contributed by atoms with van der Waals surface area (Å²) in [6, 6.07) is 12.8. The molecule has 0 spiro atoms. The van der Waals surface area contributed by atoms with Gasteiger partial charge in [0.15, 0.2) is 0 Å². The van der Waals surface area contributed by atoms with E-state index in [1.54, 1.807) is 6.20 Å². The van der Waals surface area contributed by atoms with Crippen molar-refractivity contribution in [3.63, 3.8) is 0 Å². The van der Waals surface area contributed by atoms with Gasteiger partial charge in [0.25, 0.3) is 0 Å². The summed E-state index contributed by atoms with van der Waals surface area (Å²) in [4.78, 5) is 2.38. The van der Waals surface area contributed by atoms with E-state index in [0.29, 0.717) is 0 Å². The number of rotatable bonds is 3. The predicted molar refractivity (Wildman–Crippen MR) is 81.8 cm³/mol. The molecule has 0 aliphatic carbocycles. The highest BCUT2D eigenvalue weighted by atomic mass is 15.3. The average Bonchev–Trinajstić information content (AvgIpc) is 3.02. The molecular weight excluding hydrogens is 260 g/mol. The molecule has 0 N–H and O–H groups in total. The van der Waals surface area contributed by atoms with Crippen molar-refractivity contribution in [2.24, 2.45) is 5.41 Å². The third kappa shape index (κ3) is 2.98. The van der Waals surface area contributed by atoms with Gasteiger partial charge in [0.05, 0.1) is 17.2 Å². The zero-order valence-electron chi connectivity index (χ0n) is 12.4. The third-order valence-corrected chi connectivity index (χ3v) is 4.18. The Bertz CT molecular complexity index is 641. The van der Waals surface area contributed by atoms with Crippen LogP contribution >= 0.6 is 0 Å². The summed E-state index contributed by atoms with van der Waals surface area (Å²) in [5.74, 6) is 0. The zero-order chi connectivity index (χ0) is 14.7. The van der Waals surface area contributed by atoms with Gasteiger partial charge in [0.2, 0.25) is 0 Å². The number of likely N-dealkylation sites (tertiary alicyclic amines) is 1. The number of para-hydroxylation sites is 1. The van der Waals surface area contributed by atoms with Gasteiger partial charge in [-0.25, -0.2) is 4.68 Å². The Hall–Kier alpha value is -2.12. The van der Waals surface area contributed by atoms with E-state index in [2.05, 4.69) is 41.2 Å². The number of benzene rings is 1. The molecule has 21 heavy (non-hydrogen) atoms. The molecule has 1 aromatic heterocycles. The number of nitriles is 1. The van der Waals surface area contributed by atoms with Gasteiger partial charge in [0.1, 0.15) is 0 Å². The van der Waals surface area contributed by atoms with E-state index in [0.717, 1.165) is 38.2 Å². The molecule has 0 saturated carbocycles. The fourth-order valence-electron chi connectivity index (χ4n) is 3.09. The van der Waals surface area contributed by atoms with E-state index in [1.165, 1.54) is 5.56 Å². The molecule has 1 unspecified atom stereocenters. The molecule has 0 radical (unpaired) electrons. The first-order valence-corrected chi connectivity index (χ1v) is 7.42. The van der Waals surface area contributed by atoms with Crippen LogP contribution in [0.5, 0.6) is 0 Å². The van der Waals surface area contributed by atoms with Crippen LogP contribution in [0.15, 0.2) is 42.7 Å². The Balaban J connectivity index is 1.81. The van der Waals surface area contributed by atoms with Crippen molar-refractivity contribution in [1.82, 2.24) is 14.7 Å². The van der Waals surface area contributed by atoms with E-state index in [-0.39, 0.29) is 5.41 Å². The second-order valence-corrected chi connectivity index (χ2v) is 6.07. The highest BCUT2D eigenvalue weighted by Gasteiger charge is 2.31. The Morgan fingerprint density at radius 2 is 2.19 bits per heavy atom. The van der Waals surface area contributed by atoms with Crippen molar-refractivity contribution in [1.29, 1.82) is 5.26 Å². The van der Waals surface area contributed by atoms with Crippen molar-refractivity contribution in [3.8, 4) is 11.8 Å². The van der Waals surface area contributed by atoms with Crippen molar-refractivity contribution >= 4 is 0 Å². The quantitative estimate of drug-likeness (QED) is 0.868. The largest absolute Gasteiger partial charge is 0.297 e. The molecule has 1 aliphatic rings. The first kappa shape index (κ1) is 13.8. The molecule has 1 fully saturated rings. The standard InChI is InChI=1S/C17H20N4/c1-17(13-18)8-4-10-20(14-17)12-15-6-2-3-7-16(15)21-11-5-9-19-21/h2-3,5-7,9,11H,4,8,10,12,14H2,1H3. The molecule has 4 heteroatoms. The van der Waals surface area contributed by atoms with E-state index in [9.17, 15) is 5.26 Å². The number of aromatic nitrogens is 2. The van der Waals surface area contributed by atoms with Crippen molar-refractivity contribution in [2.45, 2.75) is 26.3 Å². The molecule has 1 atom stereocenters. The number of piperidine rings is 1. The van der Waals surface area contributed by atoms with Gasteiger partial charge in [-0.05, 0) is 44.0 Å². The van der Waals surface area contributed by atoms with Crippen molar-refractivity contribution in [2.75, 3.05) is 13.1 Å². The monoisotopic (exact) mass is 280 g/mol. The minimum absolute atomic E-state index is 0.209. The molecule has 1 saturated heterocycles. The van der Waals surface area contributed by atoms with Crippen LogP contribution in [0.3, 0.4) is 0 Å². The maximum Gasteiger partial charge on any atom is 0.0700 e. The van der Waals surface area contributed by atoms with E-state index < -0.39 is 0 Å². The normalized spacial score (nSPS) is 22.9. The van der Waals surface area contributed by atoms with Gasteiger partial charge in [-0.2, -0.15) is 10.4 Å². The minimum atomic E-state index is -0.209. The van der Waals surface area contributed by atoms with Gasteiger partial charge in [-0.1, -0.05) is 18.2 Å². The molecule has 0 bridgehead atoms. The fourth-order valence-corrected chi connectivity index (χ4v) is 3.09. The summed E-state index contributed by atoms with van der Waals surface area (Å²) in [7, 11) is 0. The molecule has 1 aromatic carbocycles. The van der Waals surface area contributed by atoms with Gasteiger partial charge < -0.3 is 0 Å². The van der Waals surface area contributed by atoms with Crippen LogP contribution in [-0.2, 0) is 6.54 Å². The molecule has 2 aromatic rings. The van der Waals surface area contributed by atoms with Gasteiger partial charge >= 0.3 is 0 Å². The van der Waals surface area contributed by atoms with Gasteiger partial charge in [-0.3, -0.25) is 4.90 Å². The predicted octanol–water partition coefficient (Wildman–Crippen LogP) is 3.00. The summed E-state index contributed by atoms with van der Waals surface area (Å²) in [5.41, 5.74) is 2.16. The Morgan fingerprint density at radius 1 is 1.33 bits per heavy atom. The number of hydrogen-bond donors (Lipinski definition) is 0. The summed E-state index contributed by atoms with van der Waals surface area (Å²) in [6.07, 6.45) is 5.85. The number of hydrogen-bond acceptors (Lipinski definition) is 3. The SMILES string of the molecule is CC1(C#N)CCCN(Cc2ccccc2-n2cccn2)C1. The second-order valence-electron chi connectivity index (χ2n) is 6.07. The molecule has 3 rings (SSSR count). The summed E-state index contributed by atoms with van der Waals surface area (Å²) < 4.78 is 1.91. The van der Waals surface area contributed by atoms with Crippen LogP contribution in [0.25, 0.3) is 5.69 Å². The Morgan fingerprint density at radius 3 is 2.95 bits per heavy atom. The second kappa shape index (κ2) is 5.71. The summed E-state index contributed by atoms with van der Waals surface area (Å²) in [5, 5.41) is 13.7. The molecule has 2 heterocycles. The molecule has 108 valence electrons. The molecule has 0 amide bonds. The lowest BCUT2D eigenvalue weighted by Crippen LogP contribution is -2.40. The third-order valence-electron chi connectivity index (χ3n) is 4.18. The summed E-state index contributed by atoms with van der Waals surface area (Å²) >= 11 is 0. The molecular formula is C17H20N4. The highest BCUT2D eigenvalue weighted by Crippen LogP contribution is 2.29. The van der Waals surface area contributed by atoms with Crippen LogP contribution in [0.2, 0.25) is 0 Å². The van der Waals surface area contributed by atoms with E-state index in [1.807, 2.05) is 23.0 Å². The summed E-state index contributed by atoms with van der Waals surface area (Å²) in [6.45, 7) is 4.84. The Labute approximate surface area is 125 Å². The van der Waals surface area contributed by atoms with Crippen LogP contribution < -0.4 is 0 Å². The van der Waals surface area contributed by atoms with Crippen molar-refractivity contribution in [3.05, 3.63) is 48.3 Å². The topological polar surface area (TPSA) is 44.9 Å². The van der Waals surface area contributed by atoms with E-state index in [4.69, 9.17) is 0 Å². The van der Waals surface area contributed by atoms with Gasteiger partial charge in [-0.15, -0.1) is 0 Å². The van der Waals surface area contributed by atoms with Crippen LogP contribution in [0.4, 0.5) is 0 Å². The van der Waals surface area contributed by atoms with Crippen molar-refractivity contribution < 1.29 is 0 Å². The lowest BCUT2D eigenvalue weighted by atomic mass is 9.83. The average molecular weight is 280 g/mol. The fraction of sp³-hybridized carbons (Fsp3) is 0.412. The Kier molecular flexibility index (Phi) is 3.76. The first-order valence-electron chi connectivity index (χ1n) is 7.42. The lowest BCUT2D eigenvalue weighted by molar-refractivity contribution is 0.137. The maximum atomic E-state index is 9.35. The van der Waals surface area contributed by atoms with Crippen LogP contribution in [0, 0.1) is 16.7 Å². The molecule has 1 aliphatic heterocycles. The molecule has 4 nitrogen and oxygen atoms in total. The van der Waals surface area contributed by atoms with Crippen LogP contribution in [-0.4, -0.2) is 27.8 Å². The minimum Gasteiger partial charge on any atom is -0.297 e.